The van der Waals surface area contributed by atoms with Gasteiger partial charge in [0.25, 0.3) is 0 Å². The smallest absolute Gasteiger partial charge is 0.243 e. The fourth-order valence-electron chi connectivity index (χ4n) is 3.37. The van der Waals surface area contributed by atoms with Gasteiger partial charge in [0.1, 0.15) is 0 Å². The number of hydrogen-bond acceptors (Lipinski definition) is 5. The van der Waals surface area contributed by atoms with Crippen LogP contribution in [0.3, 0.4) is 0 Å². The molecule has 0 aromatic heterocycles. The van der Waals surface area contributed by atoms with Crippen molar-refractivity contribution in [2.45, 2.75) is 36.0 Å². The molecule has 0 aliphatic carbocycles. The first-order valence-electron chi connectivity index (χ1n) is 8.50. The molecule has 2 heterocycles. The molecule has 0 saturated carbocycles. The van der Waals surface area contributed by atoms with Crippen LogP contribution in [0.4, 0.5) is 0 Å². The summed E-state index contributed by atoms with van der Waals surface area (Å²) in [6.45, 7) is 4.12. The van der Waals surface area contributed by atoms with Crippen LogP contribution in [-0.2, 0) is 20.0 Å². The van der Waals surface area contributed by atoms with Gasteiger partial charge in [-0.15, -0.1) is 0 Å². The monoisotopic (exact) mass is 387 g/mol. The predicted molar refractivity (Wildman–Crippen MR) is 95.0 cm³/mol. The standard InChI is InChI=1S/C16H25N3O4S2/c1-16(12-17)7-10-19(13-16)25(22,23)15-6-4-5-14(11-15)24(20,21)18-8-2-3-9-18/h4-6,11H,2-3,7-10,12-13,17H2,1H3. The van der Waals surface area contributed by atoms with E-state index in [9.17, 15) is 16.8 Å². The Morgan fingerprint density at radius 1 is 1.00 bits per heavy atom. The highest BCUT2D eigenvalue weighted by atomic mass is 32.2. The van der Waals surface area contributed by atoms with Gasteiger partial charge < -0.3 is 5.73 Å². The third-order valence-corrected chi connectivity index (χ3v) is 8.90. The summed E-state index contributed by atoms with van der Waals surface area (Å²) >= 11 is 0. The molecule has 2 saturated heterocycles. The van der Waals surface area contributed by atoms with Crippen molar-refractivity contribution in [1.82, 2.24) is 8.61 Å². The zero-order valence-electron chi connectivity index (χ0n) is 14.4. The molecule has 2 aliphatic heterocycles. The predicted octanol–water partition coefficient (Wildman–Crippen LogP) is 0.831. The minimum absolute atomic E-state index is 0.0223. The average molecular weight is 388 g/mol. The van der Waals surface area contributed by atoms with E-state index in [1.54, 1.807) is 0 Å². The Balaban J connectivity index is 1.91. The summed E-state index contributed by atoms with van der Waals surface area (Å²) in [4.78, 5) is 0.0605. The molecule has 2 N–H and O–H groups in total. The summed E-state index contributed by atoms with van der Waals surface area (Å²) in [6, 6.07) is 5.69. The number of nitrogens with two attached hydrogens (primary N) is 1. The van der Waals surface area contributed by atoms with Crippen LogP contribution in [0.2, 0.25) is 0 Å². The lowest BCUT2D eigenvalue weighted by atomic mass is 9.90. The van der Waals surface area contributed by atoms with Crippen molar-refractivity contribution in [3.8, 4) is 0 Å². The van der Waals surface area contributed by atoms with E-state index >= 15 is 0 Å². The zero-order chi connectivity index (χ0) is 18.3. The fourth-order valence-corrected chi connectivity index (χ4v) is 6.65. The molecule has 2 aliphatic rings. The molecule has 25 heavy (non-hydrogen) atoms. The summed E-state index contributed by atoms with van der Waals surface area (Å²) in [7, 11) is -7.37. The first kappa shape index (κ1) is 18.8. The SMILES string of the molecule is CC1(CN)CCN(S(=O)(=O)c2cccc(S(=O)(=O)N3CCCC3)c2)C1. The highest BCUT2D eigenvalue weighted by Gasteiger charge is 2.39. The van der Waals surface area contributed by atoms with Crippen LogP contribution in [0.5, 0.6) is 0 Å². The number of hydrogen-bond donors (Lipinski definition) is 1. The lowest BCUT2D eigenvalue weighted by Crippen LogP contribution is -2.34. The minimum atomic E-state index is -3.73. The Hall–Kier alpha value is -1.00. The summed E-state index contributed by atoms with van der Waals surface area (Å²) < 4.78 is 54.0. The third-order valence-electron chi connectivity index (χ3n) is 5.16. The normalized spacial score (nSPS) is 26.3. The van der Waals surface area contributed by atoms with Crippen LogP contribution in [0.25, 0.3) is 0 Å². The number of sulfonamides is 2. The van der Waals surface area contributed by atoms with E-state index in [1.807, 2.05) is 6.92 Å². The van der Waals surface area contributed by atoms with Crippen molar-refractivity contribution in [2.75, 3.05) is 32.7 Å². The lowest BCUT2D eigenvalue weighted by molar-refractivity contribution is 0.349. The van der Waals surface area contributed by atoms with Gasteiger partial charge in [-0.25, -0.2) is 16.8 Å². The molecule has 7 nitrogen and oxygen atoms in total. The van der Waals surface area contributed by atoms with Crippen LogP contribution in [0.15, 0.2) is 34.1 Å². The van der Waals surface area contributed by atoms with Gasteiger partial charge in [0.15, 0.2) is 0 Å². The fraction of sp³-hybridized carbons (Fsp3) is 0.625. The molecule has 1 aromatic carbocycles. The van der Waals surface area contributed by atoms with E-state index in [0.717, 1.165) is 12.8 Å². The highest BCUT2D eigenvalue weighted by Crippen LogP contribution is 2.33. The second kappa shape index (κ2) is 6.62. The van der Waals surface area contributed by atoms with E-state index in [4.69, 9.17) is 5.73 Å². The number of rotatable bonds is 5. The van der Waals surface area contributed by atoms with Crippen molar-refractivity contribution in [3.05, 3.63) is 24.3 Å². The molecule has 0 amide bonds. The van der Waals surface area contributed by atoms with E-state index in [-0.39, 0.29) is 15.2 Å². The first-order valence-corrected chi connectivity index (χ1v) is 11.4. The van der Waals surface area contributed by atoms with Gasteiger partial charge in [-0.05, 0) is 49.4 Å². The Labute approximate surface area is 149 Å². The molecule has 140 valence electrons. The molecule has 1 aromatic rings. The van der Waals surface area contributed by atoms with Gasteiger partial charge in [0.2, 0.25) is 20.0 Å². The molecule has 9 heteroatoms. The first-order chi connectivity index (χ1) is 11.7. The molecule has 0 radical (unpaired) electrons. The summed E-state index contributed by atoms with van der Waals surface area (Å²) in [6.07, 6.45) is 2.37. The van der Waals surface area contributed by atoms with E-state index in [1.165, 1.54) is 32.9 Å². The summed E-state index contributed by atoms with van der Waals surface area (Å²) in [5.41, 5.74) is 5.53. The van der Waals surface area contributed by atoms with Crippen molar-refractivity contribution in [2.24, 2.45) is 11.1 Å². The molecule has 3 rings (SSSR count). The van der Waals surface area contributed by atoms with Gasteiger partial charge >= 0.3 is 0 Å². The Bertz CT molecular complexity index is 848. The molecule has 2 fully saturated rings. The molecular formula is C16H25N3O4S2. The number of benzene rings is 1. The minimum Gasteiger partial charge on any atom is -0.330 e. The maximum absolute atomic E-state index is 12.9. The Morgan fingerprint density at radius 3 is 2.08 bits per heavy atom. The van der Waals surface area contributed by atoms with Crippen molar-refractivity contribution < 1.29 is 16.8 Å². The van der Waals surface area contributed by atoms with Gasteiger partial charge in [0, 0.05) is 26.2 Å². The maximum Gasteiger partial charge on any atom is 0.243 e. The molecule has 1 unspecified atom stereocenters. The average Bonchev–Trinajstić information content (AvgIpc) is 3.26. The highest BCUT2D eigenvalue weighted by molar-refractivity contribution is 7.90. The van der Waals surface area contributed by atoms with E-state index < -0.39 is 20.0 Å². The van der Waals surface area contributed by atoms with Gasteiger partial charge in [-0.2, -0.15) is 8.61 Å². The Kier molecular flexibility index (Phi) is 4.97. The topological polar surface area (TPSA) is 101 Å². The lowest BCUT2D eigenvalue weighted by Gasteiger charge is -2.22. The molecule has 0 spiro atoms. The maximum atomic E-state index is 12.9. The van der Waals surface area contributed by atoms with Gasteiger partial charge in [0.05, 0.1) is 9.79 Å². The largest absolute Gasteiger partial charge is 0.330 e. The van der Waals surface area contributed by atoms with Gasteiger partial charge in [-0.1, -0.05) is 13.0 Å². The molecule has 1 atom stereocenters. The quantitative estimate of drug-likeness (QED) is 0.806. The van der Waals surface area contributed by atoms with Crippen LogP contribution in [-0.4, -0.2) is 58.2 Å². The van der Waals surface area contributed by atoms with Crippen molar-refractivity contribution in [3.63, 3.8) is 0 Å². The van der Waals surface area contributed by atoms with Gasteiger partial charge in [-0.3, -0.25) is 0 Å². The summed E-state index contributed by atoms with van der Waals surface area (Å²) in [5, 5.41) is 0. The van der Waals surface area contributed by atoms with E-state index in [2.05, 4.69) is 0 Å². The third kappa shape index (κ3) is 3.48. The van der Waals surface area contributed by atoms with Crippen molar-refractivity contribution in [1.29, 1.82) is 0 Å². The second-order valence-electron chi connectivity index (χ2n) is 7.19. The van der Waals surface area contributed by atoms with E-state index in [0.29, 0.717) is 39.1 Å². The molecule has 0 bridgehead atoms. The Morgan fingerprint density at radius 2 is 1.56 bits per heavy atom. The zero-order valence-corrected chi connectivity index (χ0v) is 16.0. The van der Waals surface area contributed by atoms with Crippen molar-refractivity contribution >= 4 is 20.0 Å². The van der Waals surface area contributed by atoms with Crippen LogP contribution >= 0.6 is 0 Å². The number of nitrogens with zero attached hydrogens (tertiary/aromatic N) is 2. The van der Waals surface area contributed by atoms with Crippen LogP contribution in [0.1, 0.15) is 26.2 Å². The van der Waals surface area contributed by atoms with Crippen LogP contribution in [0, 0.1) is 5.41 Å². The molecular weight excluding hydrogens is 362 g/mol. The summed E-state index contributed by atoms with van der Waals surface area (Å²) in [5.74, 6) is 0. The second-order valence-corrected chi connectivity index (χ2v) is 11.1. The van der Waals surface area contributed by atoms with Crippen LogP contribution < -0.4 is 5.73 Å².